The van der Waals surface area contributed by atoms with Gasteiger partial charge >= 0.3 is 0 Å². The van der Waals surface area contributed by atoms with E-state index >= 15 is 0 Å². The van der Waals surface area contributed by atoms with Gasteiger partial charge < -0.3 is 15.2 Å². The maximum absolute atomic E-state index is 12.4. The van der Waals surface area contributed by atoms with Gasteiger partial charge in [0.05, 0.1) is 17.2 Å². The molecule has 0 aliphatic carbocycles. The molecule has 2 unspecified atom stereocenters. The number of imidazole rings is 1. The van der Waals surface area contributed by atoms with Crippen molar-refractivity contribution in [1.29, 1.82) is 0 Å². The van der Waals surface area contributed by atoms with Crippen LogP contribution in [-0.2, 0) is 5.75 Å². The van der Waals surface area contributed by atoms with Crippen molar-refractivity contribution in [2.75, 3.05) is 26.2 Å². The van der Waals surface area contributed by atoms with Gasteiger partial charge in [0.1, 0.15) is 0 Å². The molecule has 0 spiro atoms. The summed E-state index contributed by atoms with van der Waals surface area (Å²) in [4.78, 5) is 26.9. The maximum atomic E-state index is 12.4. The largest absolute Gasteiger partial charge is 0.352 e. The van der Waals surface area contributed by atoms with Crippen molar-refractivity contribution in [3.8, 4) is 0 Å². The van der Waals surface area contributed by atoms with Gasteiger partial charge in [0.15, 0.2) is 5.16 Å². The topological polar surface area (TPSA) is 73.9 Å². The molecule has 1 saturated heterocycles. The highest BCUT2D eigenvalue weighted by molar-refractivity contribution is 7.98. The number of H-pyrrole nitrogens is 1. The van der Waals surface area contributed by atoms with Gasteiger partial charge in [0, 0.05) is 37.1 Å². The number of fused-ring (bicyclic) bond motifs is 1. The second-order valence-electron chi connectivity index (χ2n) is 8.74. The first kappa shape index (κ1) is 21.8. The van der Waals surface area contributed by atoms with Gasteiger partial charge in [0.2, 0.25) is 0 Å². The Morgan fingerprint density at radius 2 is 1.97 bits per heavy atom. The summed E-state index contributed by atoms with van der Waals surface area (Å²) in [6.45, 7) is 8.81. The summed E-state index contributed by atoms with van der Waals surface area (Å²) in [5.74, 6) is 2.35. The van der Waals surface area contributed by atoms with Gasteiger partial charge in [-0.1, -0.05) is 37.7 Å². The highest BCUT2D eigenvalue weighted by Crippen LogP contribution is 2.23. The van der Waals surface area contributed by atoms with Crippen LogP contribution in [0.3, 0.4) is 0 Å². The van der Waals surface area contributed by atoms with E-state index in [-0.39, 0.29) is 5.91 Å². The van der Waals surface area contributed by atoms with Crippen molar-refractivity contribution in [2.24, 2.45) is 11.8 Å². The molecule has 1 aliphatic heterocycles. The number of hydrogen-bond donors (Lipinski definition) is 2. The fourth-order valence-corrected chi connectivity index (χ4v) is 5.23. The molecule has 1 aromatic carbocycles. The fourth-order valence-electron chi connectivity index (χ4n) is 4.39. The zero-order chi connectivity index (χ0) is 21.6. The summed E-state index contributed by atoms with van der Waals surface area (Å²) < 4.78 is 0. The molecule has 1 aliphatic rings. The highest BCUT2D eigenvalue weighted by atomic mass is 32.2. The number of nitrogens with zero attached hydrogens (tertiary/aromatic N) is 3. The molecule has 0 saturated carbocycles. The van der Waals surface area contributed by atoms with Gasteiger partial charge in [0.25, 0.3) is 5.91 Å². The van der Waals surface area contributed by atoms with E-state index in [1.807, 2.05) is 30.3 Å². The van der Waals surface area contributed by atoms with Crippen LogP contribution in [0.15, 0.2) is 47.9 Å². The van der Waals surface area contributed by atoms with Crippen molar-refractivity contribution < 1.29 is 4.79 Å². The lowest BCUT2D eigenvalue weighted by atomic mass is 9.92. The summed E-state index contributed by atoms with van der Waals surface area (Å²) in [5, 5.41) is 3.94. The van der Waals surface area contributed by atoms with Crippen LogP contribution in [0.25, 0.3) is 11.0 Å². The Hall–Kier alpha value is -2.38. The molecule has 7 heteroatoms. The minimum absolute atomic E-state index is 0.00404. The third-order valence-electron chi connectivity index (χ3n) is 5.73. The first-order valence-electron chi connectivity index (χ1n) is 11.1. The van der Waals surface area contributed by atoms with Crippen molar-refractivity contribution in [1.82, 2.24) is 25.2 Å². The number of piperidine rings is 1. The number of carbonyl (C=O) groups excluding carboxylic acids is 1. The number of pyridine rings is 1. The number of carbonyl (C=O) groups is 1. The number of hydrogen-bond acceptors (Lipinski definition) is 5. The highest BCUT2D eigenvalue weighted by Gasteiger charge is 2.21. The van der Waals surface area contributed by atoms with E-state index in [4.69, 9.17) is 0 Å². The maximum Gasteiger partial charge on any atom is 0.251 e. The molecular formula is C24H31N5OS. The van der Waals surface area contributed by atoms with Crippen molar-refractivity contribution >= 4 is 28.7 Å². The lowest BCUT2D eigenvalue weighted by molar-refractivity contribution is 0.0947. The van der Waals surface area contributed by atoms with Crippen LogP contribution in [0, 0.1) is 11.8 Å². The molecule has 31 heavy (non-hydrogen) atoms. The third kappa shape index (κ3) is 6.08. The average Bonchev–Trinajstić information content (AvgIpc) is 3.18. The van der Waals surface area contributed by atoms with E-state index in [1.165, 1.54) is 19.5 Å². The van der Waals surface area contributed by atoms with Crippen LogP contribution in [0.5, 0.6) is 0 Å². The van der Waals surface area contributed by atoms with Crippen molar-refractivity contribution in [3.63, 3.8) is 0 Å². The molecule has 1 fully saturated rings. The van der Waals surface area contributed by atoms with Crippen LogP contribution in [0.4, 0.5) is 0 Å². The number of amides is 1. The monoisotopic (exact) mass is 437 g/mol. The van der Waals surface area contributed by atoms with Crippen LogP contribution < -0.4 is 5.32 Å². The Kier molecular flexibility index (Phi) is 7.25. The predicted molar refractivity (Wildman–Crippen MR) is 126 cm³/mol. The molecule has 164 valence electrons. The molecule has 3 aromatic rings. The normalized spacial score (nSPS) is 19.5. The molecule has 3 heterocycles. The molecule has 0 radical (unpaired) electrons. The summed E-state index contributed by atoms with van der Waals surface area (Å²) in [7, 11) is 0. The van der Waals surface area contributed by atoms with Gasteiger partial charge in [-0.05, 0) is 55.0 Å². The number of likely N-dealkylation sites (tertiary alicyclic amines) is 1. The van der Waals surface area contributed by atoms with Gasteiger partial charge in [-0.15, -0.1) is 0 Å². The molecule has 2 aromatic heterocycles. The summed E-state index contributed by atoms with van der Waals surface area (Å²) in [6, 6.07) is 9.74. The number of thioether (sulfide) groups is 1. The lowest BCUT2D eigenvalue weighted by Gasteiger charge is -2.34. The Labute approximate surface area is 188 Å². The van der Waals surface area contributed by atoms with Crippen molar-refractivity contribution in [2.45, 2.75) is 37.6 Å². The first-order chi connectivity index (χ1) is 15.1. The van der Waals surface area contributed by atoms with Crippen LogP contribution in [0.1, 0.15) is 42.6 Å². The first-order valence-corrected chi connectivity index (χ1v) is 12.1. The zero-order valence-corrected chi connectivity index (χ0v) is 19.1. The summed E-state index contributed by atoms with van der Waals surface area (Å²) >= 11 is 1.64. The zero-order valence-electron chi connectivity index (χ0n) is 18.3. The molecular weight excluding hydrogens is 406 g/mol. The second kappa shape index (κ2) is 10.3. The Morgan fingerprint density at radius 3 is 2.71 bits per heavy atom. The van der Waals surface area contributed by atoms with Gasteiger partial charge in [-0.2, -0.15) is 0 Å². The molecule has 0 bridgehead atoms. The third-order valence-corrected chi connectivity index (χ3v) is 6.68. The number of aromatic nitrogens is 3. The fraction of sp³-hybridized carbons (Fsp3) is 0.458. The number of benzene rings is 1. The lowest BCUT2D eigenvalue weighted by Crippen LogP contribution is -2.40. The van der Waals surface area contributed by atoms with Crippen LogP contribution in [0.2, 0.25) is 0 Å². The Morgan fingerprint density at radius 1 is 1.19 bits per heavy atom. The van der Waals surface area contributed by atoms with Crippen LogP contribution in [-0.4, -0.2) is 51.9 Å². The van der Waals surface area contributed by atoms with Crippen molar-refractivity contribution in [3.05, 3.63) is 53.9 Å². The molecule has 1 amide bonds. The number of nitrogens with one attached hydrogen (secondary N) is 2. The molecule has 2 N–H and O–H groups in total. The van der Waals surface area contributed by atoms with Crippen LogP contribution >= 0.6 is 11.8 Å². The Bertz CT molecular complexity index is 960. The van der Waals surface area contributed by atoms with E-state index in [0.717, 1.165) is 58.9 Å². The molecule has 2 atom stereocenters. The smallest absolute Gasteiger partial charge is 0.251 e. The molecule has 6 nitrogen and oxygen atoms in total. The minimum atomic E-state index is 0.00404. The predicted octanol–water partition coefficient (Wildman–Crippen LogP) is 4.35. The standard InChI is InChI=1S/C24H31N5OS/c1-17-12-18(2)15-29(14-17)11-3-9-26-23(30)20-6-4-19(5-7-20)16-31-24-27-21-8-10-25-13-22(21)28-24/h4-8,10,13,17-18H,3,9,11-12,14-16H2,1-2H3,(H,26,30)(H,27,28). The number of rotatable bonds is 8. The molecule has 4 rings (SSSR count). The Balaban J connectivity index is 1.20. The quantitative estimate of drug-likeness (QED) is 0.405. The number of aromatic amines is 1. The van der Waals surface area contributed by atoms with Gasteiger partial charge in [-0.3, -0.25) is 9.78 Å². The van der Waals surface area contributed by atoms with E-state index in [9.17, 15) is 4.79 Å². The van der Waals surface area contributed by atoms with E-state index in [2.05, 4.69) is 39.0 Å². The minimum Gasteiger partial charge on any atom is -0.352 e. The van der Waals surface area contributed by atoms with E-state index in [0.29, 0.717) is 5.56 Å². The SMILES string of the molecule is CC1CC(C)CN(CCCNC(=O)c2ccc(CSc3nc4ccncc4[nH]3)cc2)C1. The summed E-state index contributed by atoms with van der Waals surface area (Å²) in [5.41, 5.74) is 3.74. The summed E-state index contributed by atoms with van der Waals surface area (Å²) in [6.07, 6.45) is 5.85. The van der Waals surface area contributed by atoms with Gasteiger partial charge in [-0.25, -0.2) is 4.98 Å². The van der Waals surface area contributed by atoms with E-state index in [1.54, 1.807) is 24.2 Å². The van der Waals surface area contributed by atoms with E-state index < -0.39 is 0 Å². The second-order valence-corrected chi connectivity index (χ2v) is 9.70. The average molecular weight is 438 g/mol.